The zero-order chi connectivity index (χ0) is 15.4. The highest BCUT2D eigenvalue weighted by molar-refractivity contribution is 5.78. The topological polar surface area (TPSA) is 44.8 Å². The zero-order valence-electron chi connectivity index (χ0n) is 12.5. The number of cyclic esters (lactones) is 1. The Labute approximate surface area is 134 Å². The Morgan fingerprint density at radius 2 is 1.74 bits per heavy atom. The third kappa shape index (κ3) is 1.87. The van der Waals surface area contributed by atoms with Crippen molar-refractivity contribution < 1.29 is 19.0 Å². The molecule has 0 unspecified atom stereocenters. The molecule has 3 atom stereocenters. The summed E-state index contributed by atoms with van der Waals surface area (Å²) in [5.41, 5.74) is 3.56. The van der Waals surface area contributed by atoms with Crippen LogP contribution in [0, 0.1) is 11.8 Å². The van der Waals surface area contributed by atoms with E-state index in [-0.39, 0.29) is 30.5 Å². The minimum Gasteiger partial charge on any atom is -0.465 e. The van der Waals surface area contributed by atoms with E-state index in [1.165, 1.54) is 11.1 Å². The van der Waals surface area contributed by atoms with Gasteiger partial charge in [0.2, 0.25) is 6.79 Å². The van der Waals surface area contributed by atoms with Gasteiger partial charge in [0, 0.05) is 11.8 Å². The number of rotatable bonds is 1. The summed E-state index contributed by atoms with van der Waals surface area (Å²) in [6, 6.07) is 14.3. The zero-order valence-corrected chi connectivity index (χ0v) is 12.5. The van der Waals surface area contributed by atoms with Gasteiger partial charge >= 0.3 is 5.97 Å². The predicted molar refractivity (Wildman–Crippen MR) is 82.5 cm³/mol. The lowest BCUT2D eigenvalue weighted by atomic mass is 9.67. The monoisotopic (exact) mass is 308 g/mol. The van der Waals surface area contributed by atoms with Crippen LogP contribution in [0.2, 0.25) is 0 Å². The molecular formula is C19H16O4. The van der Waals surface area contributed by atoms with E-state index in [4.69, 9.17) is 14.2 Å². The number of esters is 1. The van der Waals surface area contributed by atoms with Gasteiger partial charge in [0.25, 0.3) is 0 Å². The molecule has 0 saturated carbocycles. The van der Waals surface area contributed by atoms with Crippen LogP contribution in [0.5, 0.6) is 11.5 Å². The average molecular weight is 308 g/mol. The first-order valence-electron chi connectivity index (χ1n) is 7.95. The second-order valence-corrected chi connectivity index (χ2v) is 6.41. The molecule has 1 aliphatic carbocycles. The highest BCUT2D eigenvalue weighted by atomic mass is 16.7. The Morgan fingerprint density at radius 3 is 2.57 bits per heavy atom. The van der Waals surface area contributed by atoms with Gasteiger partial charge in [-0.25, -0.2) is 0 Å². The summed E-state index contributed by atoms with van der Waals surface area (Å²) < 4.78 is 16.4. The molecule has 3 aliphatic rings. The van der Waals surface area contributed by atoms with Crippen LogP contribution in [0.25, 0.3) is 0 Å². The van der Waals surface area contributed by atoms with Gasteiger partial charge in [-0.3, -0.25) is 4.79 Å². The Balaban J connectivity index is 1.71. The van der Waals surface area contributed by atoms with Crippen LogP contribution in [-0.2, 0) is 16.0 Å². The van der Waals surface area contributed by atoms with Crippen molar-refractivity contribution in [3.05, 3.63) is 59.2 Å². The van der Waals surface area contributed by atoms with Crippen molar-refractivity contribution in [2.24, 2.45) is 11.8 Å². The van der Waals surface area contributed by atoms with E-state index in [9.17, 15) is 4.79 Å². The maximum absolute atomic E-state index is 12.4. The number of ether oxygens (including phenoxy) is 3. The lowest BCUT2D eigenvalue weighted by Crippen LogP contribution is -2.31. The van der Waals surface area contributed by atoms with Gasteiger partial charge in [-0.2, -0.15) is 0 Å². The molecule has 2 aliphatic heterocycles. The first kappa shape index (κ1) is 13.0. The van der Waals surface area contributed by atoms with E-state index in [0.29, 0.717) is 6.61 Å². The van der Waals surface area contributed by atoms with Crippen LogP contribution in [0.4, 0.5) is 0 Å². The van der Waals surface area contributed by atoms with Crippen LogP contribution in [0.1, 0.15) is 22.6 Å². The van der Waals surface area contributed by atoms with E-state index in [0.717, 1.165) is 23.5 Å². The molecule has 4 heteroatoms. The standard InChI is InChI=1S/C19H16O4/c20-19-18-13(9-21-19)6-12-7-15-16(23-10-22-15)8-14(12)17(18)11-4-2-1-3-5-11/h1-5,7-8,13,17-18H,6,9-10H2/t13-,17-,18-/m0/s1. The van der Waals surface area contributed by atoms with E-state index in [1.54, 1.807) is 0 Å². The second-order valence-electron chi connectivity index (χ2n) is 6.41. The van der Waals surface area contributed by atoms with Gasteiger partial charge < -0.3 is 14.2 Å². The highest BCUT2D eigenvalue weighted by Crippen LogP contribution is 2.50. The second kappa shape index (κ2) is 4.75. The molecule has 1 fully saturated rings. The summed E-state index contributed by atoms with van der Waals surface area (Å²) >= 11 is 0. The molecular weight excluding hydrogens is 292 g/mol. The van der Waals surface area contributed by atoms with Crippen LogP contribution in [-0.4, -0.2) is 19.4 Å². The molecule has 0 bridgehead atoms. The summed E-state index contributed by atoms with van der Waals surface area (Å²) in [5, 5.41) is 0. The molecule has 0 radical (unpaired) electrons. The van der Waals surface area contributed by atoms with Crippen LogP contribution in [0.15, 0.2) is 42.5 Å². The molecule has 23 heavy (non-hydrogen) atoms. The van der Waals surface area contributed by atoms with E-state index < -0.39 is 0 Å². The minimum atomic E-state index is -0.106. The molecule has 116 valence electrons. The number of hydrogen-bond acceptors (Lipinski definition) is 4. The largest absolute Gasteiger partial charge is 0.465 e. The summed E-state index contributed by atoms with van der Waals surface area (Å²) in [4.78, 5) is 12.4. The first-order chi connectivity index (χ1) is 11.3. The Kier molecular flexibility index (Phi) is 2.68. The fourth-order valence-corrected chi connectivity index (χ4v) is 4.16. The Hall–Kier alpha value is -2.49. The lowest BCUT2D eigenvalue weighted by Gasteiger charge is -2.33. The van der Waals surface area contributed by atoms with Crippen molar-refractivity contribution in [3.63, 3.8) is 0 Å². The maximum Gasteiger partial charge on any atom is 0.310 e. The van der Waals surface area contributed by atoms with E-state index in [2.05, 4.69) is 24.3 Å². The summed E-state index contributed by atoms with van der Waals surface area (Å²) in [6.07, 6.45) is 0.853. The van der Waals surface area contributed by atoms with Gasteiger partial charge in [-0.1, -0.05) is 30.3 Å². The van der Waals surface area contributed by atoms with Crippen molar-refractivity contribution in [1.82, 2.24) is 0 Å². The Bertz CT molecular complexity index is 783. The molecule has 2 aromatic rings. The molecule has 1 saturated heterocycles. The molecule has 2 heterocycles. The van der Waals surface area contributed by atoms with Crippen molar-refractivity contribution in [3.8, 4) is 11.5 Å². The van der Waals surface area contributed by atoms with Crippen molar-refractivity contribution in [2.75, 3.05) is 13.4 Å². The summed E-state index contributed by atoms with van der Waals surface area (Å²) in [5.74, 6) is 1.65. The van der Waals surface area contributed by atoms with Crippen LogP contribution in [0.3, 0.4) is 0 Å². The number of carbonyl (C=O) groups excluding carboxylic acids is 1. The number of fused-ring (bicyclic) bond motifs is 3. The molecule has 0 amide bonds. The van der Waals surface area contributed by atoms with Crippen molar-refractivity contribution >= 4 is 5.97 Å². The smallest absolute Gasteiger partial charge is 0.310 e. The summed E-state index contributed by atoms with van der Waals surface area (Å²) in [6.45, 7) is 0.782. The quantitative estimate of drug-likeness (QED) is 0.760. The molecule has 0 N–H and O–H groups in total. The van der Waals surface area contributed by atoms with Gasteiger partial charge in [-0.15, -0.1) is 0 Å². The molecule has 0 spiro atoms. The molecule has 4 nitrogen and oxygen atoms in total. The van der Waals surface area contributed by atoms with Crippen LogP contribution < -0.4 is 9.47 Å². The third-order valence-corrected chi connectivity index (χ3v) is 5.19. The lowest BCUT2D eigenvalue weighted by molar-refractivity contribution is -0.141. The first-order valence-corrected chi connectivity index (χ1v) is 7.95. The fraction of sp³-hybridized carbons (Fsp3) is 0.316. The SMILES string of the molecule is O=C1OC[C@@H]2Cc3cc4c(cc3[C@H](c3ccccc3)[C@@H]12)OCO4. The van der Waals surface area contributed by atoms with Gasteiger partial charge in [0.1, 0.15) is 0 Å². The van der Waals surface area contributed by atoms with Gasteiger partial charge in [0.05, 0.1) is 12.5 Å². The van der Waals surface area contributed by atoms with Gasteiger partial charge in [-0.05, 0) is 35.2 Å². The van der Waals surface area contributed by atoms with Crippen molar-refractivity contribution in [1.29, 1.82) is 0 Å². The van der Waals surface area contributed by atoms with Crippen LogP contribution >= 0.6 is 0 Å². The maximum atomic E-state index is 12.4. The Morgan fingerprint density at radius 1 is 0.957 bits per heavy atom. The van der Waals surface area contributed by atoms with E-state index in [1.807, 2.05) is 18.2 Å². The van der Waals surface area contributed by atoms with Crippen molar-refractivity contribution in [2.45, 2.75) is 12.3 Å². The molecule has 5 rings (SSSR count). The average Bonchev–Trinajstić information content (AvgIpc) is 3.18. The van der Waals surface area contributed by atoms with E-state index >= 15 is 0 Å². The number of carbonyl (C=O) groups is 1. The number of hydrogen-bond donors (Lipinski definition) is 0. The fourth-order valence-electron chi connectivity index (χ4n) is 4.16. The predicted octanol–water partition coefficient (Wildman–Crippen LogP) is 2.89. The molecule has 0 aromatic heterocycles. The summed E-state index contributed by atoms with van der Waals surface area (Å²) in [7, 11) is 0. The highest BCUT2D eigenvalue weighted by Gasteiger charge is 2.47. The minimum absolute atomic E-state index is 0.0226. The third-order valence-electron chi connectivity index (χ3n) is 5.19. The molecule has 2 aromatic carbocycles. The number of benzene rings is 2. The normalized spacial score (nSPS) is 27.3. The van der Waals surface area contributed by atoms with Gasteiger partial charge in [0.15, 0.2) is 11.5 Å².